The van der Waals surface area contributed by atoms with E-state index in [2.05, 4.69) is 36.5 Å². The fourth-order valence-electron chi connectivity index (χ4n) is 1.63. The lowest BCUT2D eigenvalue weighted by molar-refractivity contribution is 0.0930. The zero-order valence-electron chi connectivity index (χ0n) is 12.2. The molecule has 1 aromatic rings. The van der Waals surface area contributed by atoms with Crippen molar-refractivity contribution in [2.75, 3.05) is 5.43 Å². The first kappa shape index (κ1) is 15.4. The molecular weight excluding hydrogens is 240 g/mol. The van der Waals surface area contributed by atoms with Crippen LogP contribution >= 0.6 is 0 Å². The second kappa shape index (κ2) is 7.09. The molecule has 1 unspecified atom stereocenters. The largest absolute Gasteiger partial charge is 0.349 e. The maximum absolute atomic E-state index is 12.2. The third kappa shape index (κ3) is 4.52. The van der Waals surface area contributed by atoms with Gasteiger partial charge in [0.15, 0.2) is 0 Å². The fraction of sp³-hybridized carbons (Fsp3) is 0.571. The first-order valence-corrected chi connectivity index (χ1v) is 6.76. The number of hydrazine groups is 1. The standard InChI is InChI=1S/C14H24N4O/c1-5-6-12-7-11(8-13(17-12)18-15)14(19)16-10(4)9(2)3/h7-10H,5-6,15H2,1-4H3,(H,16,19)(H,17,18). The molecule has 0 saturated carbocycles. The number of amides is 1. The van der Waals surface area contributed by atoms with Crippen molar-refractivity contribution >= 4 is 11.7 Å². The van der Waals surface area contributed by atoms with Crippen LogP contribution in [-0.2, 0) is 6.42 Å². The van der Waals surface area contributed by atoms with Crippen LogP contribution in [0.5, 0.6) is 0 Å². The van der Waals surface area contributed by atoms with E-state index in [0.29, 0.717) is 17.3 Å². The SMILES string of the molecule is CCCc1cc(C(=O)NC(C)C(C)C)cc(NN)n1. The Hall–Kier alpha value is -1.62. The van der Waals surface area contributed by atoms with Crippen LogP contribution in [0.4, 0.5) is 5.82 Å². The van der Waals surface area contributed by atoms with Crippen molar-refractivity contribution in [3.8, 4) is 0 Å². The van der Waals surface area contributed by atoms with Crippen LogP contribution in [0.3, 0.4) is 0 Å². The molecule has 1 rings (SSSR count). The van der Waals surface area contributed by atoms with E-state index in [1.807, 2.05) is 13.0 Å². The van der Waals surface area contributed by atoms with Gasteiger partial charge < -0.3 is 10.7 Å². The molecular formula is C14H24N4O. The lowest BCUT2D eigenvalue weighted by Gasteiger charge is -2.18. The summed E-state index contributed by atoms with van der Waals surface area (Å²) >= 11 is 0. The van der Waals surface area contributed by atoms with E-state index in [0.717, 1.165) is 18.5 Å². The summed E-state index contributed by atoms with van der Waals surface area (Å²) in [6, 6.07) is 3.62. The van der Waals surface area contributed by atoms with E-state index < -0.39 is 0 Å². The molecule has 0 aliphatic heterocycles. The summed E-state index contributed by atoms with van der Waals surface area (Å²) < 4.78 is 0. The van der Waals surface area contributed by atoms with E-state index in [1.165, 1.54) is 0 Å². The first-order chi connectivity index (χ1) is 8.97. The van der Waals surface area contributed by atoms with Crippen LogP contribution < -0.4 is 16.6 Å². The Bertz CT molecular complexity index is 431. The topological polar surface area (TPSA) is 80.0 Å². The van der Waals surface area contributed by atoms with Gasteiger partial charge in [-0.1, -0.05) is 27.2 Å². The minimum atomic E-state index is -0.0857. The summed E-state index contributed by atoms with van der Waals surface area (Å²) in [6.07, 6.45) is 1.81. The summed E-state index contributed by atoms with van der Waals surface area (Å²) in [5, 5.41) is 2.98. The van der Waals surface area contributed by atoms with Crippen LogP contribution in [-0.4, -0.2) is 16.9 Å². The minimum Gasteiger partial charge on any atom is -0.349 e. The van der Waals surface area contributed by atoms with Crippen LogP contribution in [0, 0.1) is 5.92 Å². The number of nitrogen functional groups attached to an aromatic ring is 1. The number of rotatable bonds is 6. The summed E-state index contributed by atoms with van der Waals surface area (Å²) in [6.45, 7) is 8.23. The monoisotopic (exact) mass is 264 g/mol. The predicted octanol–water partition coefficient (Wildman–Crippen LogP) is 2.09. The number of pyridine rings is 1. The van der Waals surface area contributed by atoms with Gasteiger partial charge in [-0.2, -0.15) is 0 Å². The highest BCUT2D eigenvalue weighted by atomic mass is 16.1. The molecule has 0 bridgehead atoms. The summed E-state index contributed by atoms with van der Waals surface area (Å²) in [5.74, 6) is 6.22. The molecule has 106 valence electrons. The molecule has 19 heavy (non-hydrogen) atoms. The lowest BCUT2D eigenvalue weighted by Crippen LogP contribution is -2.36. The van der Waals surface area contributed by atoms with Crippen LogP contribution in [0.1, 0.15) is 50.2 Å². The summed E-state index contributed by atoms with van der Waals surface area (Å²) in [7, 11) is 0. The minimum absolute atomic E-state index is 0.0857. The summed E-state index contributed by atoms with van der Waals surface area (Å²) in [4.78, 5) is 16.5. The maximum Gasteiger partial charge on any atom is 0.251 e. The molecule has 0 aromatic carbocycles. The van der Waals surface area contributed by atoms with Crippen molar-refractivity contribution in [1.29, 1.82) is 0 Å². The number of hydrogen-bond donors (Lipinski definition) is 3. The van der Waals surface area contributed by atoms with Gasteiger partial charge in [-0.3, -0.25) is 4.79 Å². The van der Waals surface area contributed by atoms with Crippen molar-refractivity contribution in [3.05, 3.63) is 23.4 Å². The van der Waals surface area contributed by atoms with Crippen molar-refractivity contribution in [2.24, 2.45) is 11.8 Å². The second-order valence-electron chi connectivity index (χ2n) is 5.13. The average molecular weight is 264 g/mol. The number of nitrogens with one attached hydrogen (secondary N) is 2. The Morgan fingerprint density at radius 3 is 2.58 bits per heavy atom. The molecule has 1 amide bonds. The second-order valence-corrected chi connectivity index (χ2v) is 5.13. The predicted molar refractivity (Wildman–Crippen MR) is 77.8 cm³/mol. The highest BCUT2D eigenvalue weighted by Crippen LogP contribution is 2.12. The normalized spacial score (nSPS) is 12.3. The van der Waals surface area contributed by atoms with Crippen molar-refractivity contribution in [1.82, 2.24) is 10.3 Å². The molecule has 0 spiro atoms. The zero-order chi connectivity index (χ0) is 14.4. The molecule has 1 heterocycles. The van der Waals surface area contributed by atoms with Gasteiger partial charge in [-0.05, 0) is 31.4 Å². The molecule has 0 aliphatic rings. The van der Waals surface area contributed by atoms with Gasteiger partial charge in [-0.25, -0.2) is 10.8 Å². The quantitative estimate of drug-likeness (QED) is 0.543. The Morgan fingerprint density at radius 1 is 1.37 bits per heavy atom. The third-order valence-electron chi connectivity index (χ3n) is 3.15. The van der Waals surface area contributed by atoms with E-state index in [1.54, 1.807) is 6.07 Å². The fourth-order valence-corrected chi connectivity index (χ4v) is 1.63. The average Bonchev–Trinajstić information content (AvgIpc) is 2.38. The lowest BCUT2D eigenvalue weighted by atomic mass is 10.1. The molecule has 0 fully saturated rings. The summed E-state index contributed by atoms with van der Waals surface area (Å²) in [5.41, 5.74) is 3.98. The van der Waals surface area contributed by atoms with Gasteiger partial charge >= 0.3 is 0 Å². The Balaban J connectivity index is 2.92. The number of hydrogen-bond acceptors (Lipinski definition) is 4. The highest BCUT2D eigenvalue weighted by Gasteiger charge is 2.14. The number of nitrogens with two attached hydrogens (primary N) is 1. The molecule has 1 atom stereocenters. The van der Waals surface area contributed by atoms with E-state index in [9.17, 15) is 4.79 Å². The van der Waals surface area contributed by atoms with Crippen LogP contribution in [0.15, 0.2) is 12.1 Å². The third-order valence-corrected chi connectivity index (χ3v) is 3.15. The van der Waals surface area contributed by atoms with Gasteiger partial charge in [0.1, 0.15) is 5.82 Å². The molecule has 0 saturated heterocycles. The Morgan fingerprint density at radius 2 is 2.05 bits per heavy atom. The first-order valence-electron chi connectivity index (χ1n) is 6.76. The highest BCUT2D eigenvalue weighted by molar-refractivity contribution is 5.95. The van der Waals surface area contributed by atoms with Crippen molar-refractivity contribution in [3.63, 3.8) is 0 Å². The number of aromatic nitrogens is 1. The van der Waals surface area contributed by atoms with E-state index in [-0.39, 0.29) is 11.9 Å². The van der Waals surface area contributed by atoms with Gasteiger partial charge in [0, 0.05) is 17.3 Å². The van der Waals surface area contributed by atoms with Crippen LogP contribution in [0.2, 0.25) is 0 Å². The van der Waals surface area contributed by atoms with Gasteiger partial charge in [0.2, 0.25) is 0 Å². The molecule has 5 heteroatoms. The van der Waals surface area contributed by atoms with Crippen molar-refractivity contribution < 1.29 is 4.79 Å². The number of carbonyl (C=O) groups is 1. The van der Waals surface area contributed by atoms with Crippen LogP contribution in [0.25, 0.3) is 0 Å². The number of nitrogens with zero attached hydrogens (tertiary/aromatic N) is 1. The smallest absolute Gasteiger partial charge is 0.251 e. The Kier molecular flexibility index (Phi) is 5.76. The number of aryl methyl sites for hydroxylation is 1. The van der Waals surface area contributed by atoms with E-state index >= 15 is 0 Å². The van der Waals surface area contributed by atoms with Gasteiger partial charge in [0.25, 0.3) is 5.91 Å². The molecule has 0 radical (unpaired) electrons. The molecule has 0 aliphatic carbocycles. The number of anilines is 1. The molecule has 4 N–H and O–H groups in total. The molecule has 1 aromatic heterocycles. The van der Waals surface area contributed by atoms with Crippen molar-refractivity contribution in [2.45, 2.75) is 46.6 Å². The maximum atomic E-state index is 12.2. The zero-order valence-corrected chi connectivity index (χ0v) is 12.2. The van der Waals surface area contributed by atoms with Gasteiger partial charge in [-0.15, -0.1) is 0 Å². The van der Waals surface area contributed by atoms with E-state index in [4.69, 9.17) is 5.84 Å². The number of carbonyl (C=O) groups excluding carboxylic acids is 1. The molecule has 5 nitrogen and oxygen atoms in total. The van der Waals surface area contributed by atoms with Gasteiger partial charge in [0.05, 0.1) is 0 Å². The Labute approximate surface area is 115 Å².